The predicted octanol–water partition coefficient (Wildman–Crippen LogP) is 2.77. The number of benzene rings is 1. The Morgan fingerprint density at radius 1 is 1.30 bits per heavy atom. The lowest BCUT2D eigenvalue weighted by atomic mass is 10.2. The van der Waals surface area contributed by atoms with E-state index in [1.165, 1.54) is 6.26 Å². The Kier molecular flexibility index (Phi) is 4.71. The summed E-state index contributed by atoms with van der Waals surface area (Å²) in [5.41, 5.74) is 2.43. The quantitative estimate of drug-likeness (QED) is 0.544. The van der Waals surface area contributed by atoms with E-state index in [1.807, 2.05) is 35.1 Å². The van der Waals surface area contributed by atoms with Crippen LogP contribution in [0.5, 0.6) is 0 Å². The van der Waals surface area contributed by atoms with E-state index in [9.17, 15) is 4.79 Å². The van der Waals surface area contributed by atoms with E-state index in [1.54, 1.807) is 25.4 Å². The van der Waals surface area contributed by atoms with Gasteiger partial charge in [-0.15, -0.1) is 0 Å². The Hall–Kier alpha value is -3.39. The molecule has 0 saturated heterocycles. The summed E-state index contributed by atoms with van der Waals surface area (Å²) in [6.07, 6.45) is 5.11. The maximum absolute atomic E-state index is 12.2. The maximum Gasteiger partial charge on any atom is 0.291 e. The lowest BCUT2D eigenvalue weighted by Gasteiger charge is -2.09. The van der Waals surface area contributed by atoms with Gasteiger partial charge in [0.2, 0.25) is 0 Å². The van der Waals surface area contributed by atoms with Gasteiger partial charge in [0.15, 0.2) is 5.76 Å². The molecule has 27 heavy (non-hydrogen) atoms. The minimum absolute atomic E-state index is 0.264. The molecule has 3 aromatic heterocycles. The van der Waals surface area contributed by atoms with Crippen LogP contribution >= 0.6 is 0 Å². The van der Waals surface area contributed by atoms with Gasteiger partial charge in [-0.2, -0.15) is 5.10 Å². The van der Waals surface area contributed by atoms with Crippen LogP contribution in [0.1, 0.15) is 16.4 Å². The molecule has 3 heterocycles. The number of carbonyl (C=O) groups excluding carboxylic acids is 1. The zero-order valence-corrected chi connectivity index (χ0v) is 14.8. The topological polar surface area (TPSA) is 87.1 Å². The third-order valence-electron chi connectivity index (χ3n) is 4.21. The van der Waals surface area contributed by atoms with Gasteiger partial charge in [-0.1, -0.05) is 0 Å². The number of anilines is 1. The molecule has 138 valence electrons. The van der Waals surface area contributed by atoms with E-state index in [0.29, 0.717) is 25.4 Å². The second-order valence-corrected chi connectivity index (χ2v) is 6.01. The average molecular weight is 365 g/mol. The monoisotopic (exact) mass is 365 g/mol. The van der Waals surface area contributed by atoms with Crippen molar-refractivity contribution in [3.63, 3.8) is 0 Å². The summed E-state index contributed by atoms with van der Waals surface area (Å²) in [4.78, 5) is 16.9. The van der Waals surface area contributed by atoms with Crippen LogP contribution in [0.4, 0.5) is 5.69 Å². The van der Waals surface area contributed by atoms with Crippen molar-refractivity contribution in [2.45, 2.75) is 13.1 Å². The van der Waals surface area contributed by atoms with Gasteiger partial charge in [-0.05, 0) is 36.4 Å². The molecule has 0 aliphatic rings. The predicted molar refractivity (Wildman–Crippen MR) is 99.6 cm³/mol. The molecule has 1 N–H and O–H groups in total. The van der Waals surface area contributed by atoms with Crippen LogP contribution in [0, 0.1) is 0 Å². The SMILES string of the molecule is COCCn1c(Cn2cccn2)nc2cc(NC(=O)c3ccco3)ccc21. The number of hydrogen-bond acceptors (Lipinski definition) is 5. The van der Waals surface area contributed by atoms with Crippen molar-refractivity contribution < 1.29 is 13.9 Å². The molecular formula is C19H19N5O3. The number of nitrogens with one attached hydrogen (secondary N) is 1. The summed E-state index contributed by atoms with van der Waals surface area (Å²) < 4.78 is 14.3. The third-order valence-corrected chi connectivity index (χ3v) is 4.21. The van der Waals surface area contributed by atoms with Gasteiger partial charge >= 0.3 is 0 Å². The van der Waals surface area contributed by atoms with Gasteiger partial charge in [0.05, 0.1) is 30.4 Å². The van der Waals surface area contributed by atoms with E-state index in [-0.39, 0.29) is 11.7 Å². The molecule has 0 aliphatic carbocycles. The Balaban J connectivity index is 1.65. The van der Waals surface area contributed by atoms with Crippen LogP contribution in [0.3, 0.4) is 0 Å². The number of aromatic nitrogens is 4. The number of amides is 1. The summed E-state index contributed by atoms with van der Waals surface area (Å²) in [7, 11) is 1.68. The number of ether oxygens (including phenoxy) is 1. The zero-order chi connectivity index (χ0) is 18.6. The summed E-state index contributed by atoms with van der Waals surface area (Å²) >= 11 is 0. The van der Waals surface area contributed by atoms with Gasteiger partial charge in [-0.3, -0.25) is 9.48 Å². The second-order valence-electron chi connectivity index (χ2n) is 6.01. The number of furan rings is 1. The van der Waals surface area contributed by atoms with Crippen LogP contribution in [-0.4, -0.2) is 39.0 Å². The van der Waals surface area contributed by atoms with Crippen molar-refractivity contribution in [3.05, 3.63) is 66.6 Å². The van der Waals surface area contributed by atoms with Crippen molar-refractivity contribution in [1.29, 1.82) is 0 Å². The molecule has 0 saturated carbocycles. The molecule has 0 spiro atoms. The molecule has 0 bridgehead atoms. The van der Waals surface area contributed by atoms with E-state index in [2.05, 4.69) is 15.0 Å². The van der Waals surface area contributed by atoms with Crippen LogP contribution in [0.15, 0.2) is 59.5 Å². The number of carbonyl (C=O) groups is 1. The minimum Gasteiger partial charge on any atom is -0.459 e. The fourth-order valence-electron chi connectivity index (χ4n) is 2.95. The molecule has 0 radical (unpaired) electrons. The highest BCUT2D eigenvalue weighted by Gasteiger charge is 2.14. The van der Waals surface area contributed by atoms with Crippen molar-refractivity contribution in [2.75, 3.05) is 19.0 Å². The normalized spacial score (nSPS) is 11.1. The molecular weight excluding hydrogens is 346 g/mol. The number of imidazole rings is 1. The van der Waals surface area contributed by atoms with Crippen LogP contribution in [0.2, 0.25) is 0 Å². The van der Waals surface area contributed by atoms with Gasteiger partial charge < -0.3 is 19.0 Å². The summed E-state index contributed by atoms with van der Waals surface area (Å²) in [6, 6.07) is 10.8. The molecule has 1 aromatic carbocycles. The fourth-order valence-corrected chi connectivity index (χ4v) is 2.95. The smallest absolute Gasteiger partial charge is 0.291 e. The Morgan fingerprint density at radius 2 is 2.22 bits per heavy atom. The molecule has 8 heteroatoms. The van der Waals surface area contributed by atoms with Crippen molar-refractivity contribution in [2.24, 2.45) is 0 Å². The van der Waals surface area contributed by atoms with Gasteiger partial charge in [0, 0.05) is 31.7 Å². The van der Waals surface area contributed by atoms with Crippen LogP contribution in [-0.2, 0) is 17.8 Å². The molecule has 4 aromatic rings. The van der Waals surface area contributed by atoms with E-state index < -0.39 is 0 Å². The minimum atomic E-state index is -0.296. The highest BCUT2D eigenvalue weighted by molar-refractivity contribution is 6.03. The Bertz CT molecular complexity index is 1040. The van der Waals surface area contributed by atoms with Crippen LogP contribution < -0.4 is 5.32 Å². The lowest BCUT2D eigenvalue weighted by Crippen LogP contribution is -2.12. The summed E-state index contributed by atoms with van der Waals surface area (Å²) in [5.74, 6) is 0.843. The van der Waals surface area contributed by atoms with Crippen molar-refractivity contribution in [3.8, 4) is 0 Å². The number of fused-ring (bicyclic) bond motifs is 1. The Morgan fingerprint density at radius 3 is 2.96 bits per heavy atom. The van der Waals surface area contributed by atoms with E-state index in [0.717, 1.165) is 16.9 Å². The standard InChI is InChI=1S/C19H19N5O3/c1-26-11-9-24-16-6-5-14(21-19(25)17-4-2-10-27-17)12-15(16)22-18(24)13-23-8-3-7-20-23/h2-8,10,12H,9,11,13H2,1H3,(H,21,25). The number of rotatable bonds is 7. The molecule has 1 amide bonds. The number of methoxy groups -OCH3 is 1. The largest absolute Gasteiger partial charge is 0.459 e. The van der Waals surface area contributed by atoms with E-state index in [4.69, 9.17) is 14.1 Å². The van der Waals surface area contributed by atoms with Crippen LogP contribution in [0.25, 0.3) is 11.0 Å². The van der Waals surface area contributed by atoms with E-state index >= 15 is 0 Å². The first-order chi connectivity index (χ1) is 13.2. The molecule has 4 rings (SSSR count). The molecule has 8 nitrogen and oxygen atoms in total. The Labute approximate surface area is 155 Å². The first-order valence-electron chi connectivity index (χ1n) is 8.55. The highest BCUT2D eigenvalue weighted by Crippen LogP contribution is 2.22. The van der Waals surface area contributed by atoms with Gasteiger partial charge in [-0.25, -0.2) is 4.98 Å². The molecule has 0 unspecified atom stereocenters. The molecule has 0 atom stereocenters. The second kappa shape index (κ2) is 7.46. The number of hydrogen-bond donors (Lipinski definition) is 1. The van der Waals surface area contributed by atoms with Gasteiger partial charge in [0.25, 0.3) is 5.91 Å². The van der Waals surface area contributed by atoms with Crippen molar-refractivity contribution >= 4 is 22.6 Å². The number of nitrogens with zero attached hydrogens (tertiary/aromatic N) is 4. The molecule has 0 fully saturated rings. The third kappa shape index (κ3) is 3.61. The highest BCUT2D eigenvalue weighted by atomic mass is 16.5. The molecule has 0 aliphatic heterocycles. The summed E-state index contributed by atoms with van der Waals surface area (Å²) in [5, 5.41) is 7.08. The average Bonchev–Trinajstić information content (AvgIpc) is 3.41. The maximum atomic E-state index is 12.2. The first-order valence-corrected chi connectivity index (χ1v) is 8.55. The van der Waals surface area contributed by atoms with Gasteiger partial charge in [0.1, 0.15) is 5.82 Å². The zero-order valence-electron chi connectivity index (χ0n) is 14.8. The lowest BCUT2D eigenvalue weighted by molar-refractivity contribution is 0.0996. The fraction of sp³-hybridized carbons (Fsp3) is 0.211. The summed E-state index contributed by atoms with van der Waals surface area (Å²) in [6.45, 7) is 1.82. The van der Waals surface area contributed by atoms with Crippen molar-refractivity contribution in [1.82, 2.24) is 19.3 Å². The first kappa shape index (κ1) is 17.0.